The maximum Gasteiger partial charge on any atom is 0.165 e. The zero-order valence-corrected chi connectivity index (χ0v) is 11.0. The predicted molar refractivity (Wildman–Crippen MR) is 72.1 cm³/mol. The van der Waals surface area contributed by atoms with Crippen molar-refractivity contribution < 1.29 is 0 Å². The van der Waals surface area contributed by atoms with Crippen LogP contribution in [0.15, 0.2) is 23.7 Å². The monoisotopic (exact) mass is 259 g/mol. The van der Waals surface area contributed by atoms with Crippen LogP contribution in [0.4, 0.5) is 11.5 Å². The highest BCUT2D eigenvalue weighted by atomic mass is 32.1. The Bertz CT molecular complexity index is 583. The van der Waals surface area contributed by atoms with Crippen molar-refractivity contribution in [2.75, 3.05) is 11.1 Å². The molecule has 0 unspecified atom stereocenters. The highest BCUT2D eigenvalue weighted by Gasteiger charge is 2.23. The maximum atomic E-state index is 8.89. The number of nitrogens with two attached hydrogens (primary N) is 1. The second-order valence-electron chi connectivity index (χ2n) is 4.33. The molecule has 0 fully saturated rings. The van der Waals surface area contributed by atoms with E-state index in [0.29, 0.717) is 11.5 Å². The van der Waals surface area contributed by atoms with Crippen molar-refractivity contribution in [3.05, 3.63) is 34.4 Å². The quantitative estimate of drug-likeness (QED) is 0.883. The van der Waals surface area contributed by atoms with Crippen LogP contribution < -0.4 is 11.1 Å². The van der Waals surface area contributed by atoms with Gasteiger partial charge in [-0.1, -0.05) is 0 Å². The van der Waals surface area contributed by atoms with Gasteiger partial charge in [-0.2, -0.15) is 5.26 Å². The van der Waals surface area contributed by atoms with Crippen molar-refractivity contribution in [2.24, 2.45) is 0 Å². The molecule has 18 heavy (non-hydrogen) atoms. The number of hydrogen-bond donors (Lipinski definition) is 2. The molecule has 0 amide bonds. The minimum absolute atomic E-state index is 0.231. The molecular weight excluding hydrogens is 246 g/mol. The first-order valence-corrected chi connectivity index (χ1v) is 6.25. The summed E-state index contributed by atoms with van der Waals surface area (Å²) in [5.74, 6) is 0.612. The molecule has 0 saturated carbocycles. The SMILES string of the molecule is CC(C)(Nc1ccc(N)c(C#N)n1)c1nccs1. The number of nitrogens with zero attached hydrogens (tertiary/aromatic N) is 3. The number of aromatic nitrogens is 2. The number of hydrogen-bond acceptors (Lipinski definition) is 6. The molecule has 92 valence electrons. The van der Waals surface area contributed by atoms with Crippen molar-refractivity contribution in [3.8, 4) is 6.07 Å². The third kappa shape index (κ3) is 2.41. The standard InChI is InChI=1S/C12H13N5S/c1-12(2,11-15-5-6-18-11)17-10-4-3-8(14)9(7-13)16-10/h3-6H,14H2,1-2H3,(H,16,17). The lowest BCUT2D eigenvalue weighted by Gasteiger charge is -2.24. The zero-order chi connectivity index (χ0) is 13.2. The van der Waals surface area contributed by atoms with Gasteiger partial charge >= 0.3 is 0 Å². The van der Waals surface area contributed by atoms with Gasteiger partial charge in [0, 0.05) is 11.6 Å². The van der Waals surface area contributed by atoms with E-state index in [9.17, 15) is 0 Å². The lowest BCUT2D eigenvalue weighted by atomic mass is 10.1. The summed E-state index contributed by atoms with van der Waals surface area (Å²) in [6, 6.07) is 5.39. The number of rotatable bonds is 3. The molecule has 0 aliphatic heterocycles. The van der Waals surface area contributed by atoms with E-state index >= 15 is 0 Å². The average Bonchev–Trinajstić information content (AvgIpc) is 2.85. The summed E-state index contributed by atoms with van der Waals surface area (Å²) in [5, 5.41) is 15.0. The molecule has 3 N–H and O–H groups in total. The topological polar surface area (TPSA) is 87.6 Å². The first-order valence-electron chi connectivity index (χ1n) is 5.38. The van der Waals surface area contributed by atoms with Gasteiger partial charge in [0.15, 0.2) is 5.69 Å². The largest absolute Gasteiger partial charge is 0.396 e. The van der Waals surface area contributed by atoms with Gasteiger partial charge in [0.1, 0.15) is 16.9 Å². The Kier molecular flexibility index (Phi) is 3.17. The Morgan fingerprint density at radius 1 is 1.44 bits per heavy atom. The molecule has 0 spiro atoms. The lowest BCUT2D eigenvalue weighted by Crippen LogP contribution is -2.28. The van der Waals surface area contributed by atoms with Gasteiger partial charge in [0.2, 0.25) is 0 Å². The minimum atomic E-state index is -0.343. The summed E-state index contributed by atoms with van der Waals surface area (Å²) in [4.78, 5) is 8.45. The molecule has 0 radical (unpaired) electrons. The Balaban J connectivity index is 2.27. The Morgan fingerprint density at radius 2 is 2.22 bits per heavy atom. The van der Waals surface area contributed by atoms with Crippen LogP contribution in [0.25, 0.3) is 0 Å². The van der Waals surface area contributed by atoms with E-state index in [1.807, 2.05) is 25.3 Å². The van der Waals surface area contributed by atoms with Crippen molar-refractivity contribution in [3.63, 3.8) is 0 Å². The van der Waals surface area contributed by atoms with Crippen molar-refractivity contribution in [1.82, 2.24) is 9.97 Å². The smallest absolute Gasteiger partial charge is 0.165 e. The lowest BCUT2D eigenvalue weighted by molar-refractivity contribution is 0.601. The molecule has 0 atom stereocenters. The summed E-state index contributed by atoms with van der Waals surface area (Å²) in [5.41, 5.74) is 5.91. The summed E-state index contributed by atoms with van der Waals surface area (Å²) in [6.45, 7) is 4.02. The van der Waals surface area contributed by atoms with Crippen molar-refractivity contribution >= 4 is 22.8 Å². The molecule has 0 aromatic carbocycles. The Hall–Kier alpha value is -2.13. The van der Waals surface area contributed by atoms with Gasteiger partial charge in [0.25, 0.3) is 0 Å². The Labute approximate surface area is 109 Å². The maximum absolute atomic E-state index is 8.89. The van der Waals surface area contributed by atoms with Gasteiger partial charge in [-0.15, -0.1) is 11.3 Å². The van der Waals surface area contributed by atoms with Crippen molar-refractivity contribution in [1.29, 1.82) is 5.26 Å². The van der Waals surface area contributed by atoms with Crippen LogP contribution in [-0.2, 0) is 5.54 Å². The fourth-order valence-corrected chi connectivity index (χ4v) is 2.25. The molecule has 2 rings (SSSR count). The fraction of sp³-hybridized carbons (Fsp3) is 0.250. The molecule has 5 nitrogen and oxygen atoms in total. The molecular formula is C12H13N5S. The highest BCUT2D eigenvalue weighted by Crippen LogP contribution is 2.26. The van der Waals surface area contributed by atoms with E-state index in [1.165, 1.54) is 0 Å². The van der Waals surface area contributed by atoms with Gasteiger partial charge in [-0.05, 0) is 26.0 Å². The first kappa shape index (κ1) is 12.3. The van der Waals surface area contributed by atoms with Crippen LogP contribution >= 0.6 is 11.3 Å². The number of nitrogen functional groups attached to an aromatic ring is 1. The predicted octanol–water partition coefficient (Wildman–Crippen LogP) is 2.34. The summed E-state index contributed by atoms with van der Waals surface area (Å²) in [6.07, 6.45) is 1.76. The molecule has 0 saturated heterocycles. The molecule has 0 bridgehead atoms. The molecule has 2 aromatic heterocycles. The van der Waals surface area contributed by atoms with E-state index in [0.717, 1.165) is 5.01 Å². The van der Waals surface area contributed by atoms with Gasteiger partial charge in [0.05, 0.1) is 11.2 Å². The van der Waals surface area contributed by atoms with Crippen LogP contribution in [0.1, 0.15) is 24.5 Å². The van der Waals surface area contributed by atoms with Crippen LogP contribution in [0.2, 0.25) is 0 Å². The average molecular weight is 259 g/mol. The summed E-state index contributed by atoms with van der Waals surface area (Å²) < 4.78 is 0. The molecule has 0 aliphatic carbocycles. The van der Waals surface area contributed by atoms with E-state index < -0.39 is 0 Å². The van der Waals surface area contributed by atoms with Crippen LogP contribution in [0, 0.1) is 11.3 Å². The number of pyridine rings is 1. The molecule has 6 heteroatoms. The van der Waals surface area contributed by atoms with E-state index in [1.54, 1.807) is 29.7 Å². The Morgan fingerprint density at radius 3 is 2.83 bits per heavy atom. The summed E-state index contributed by atoms with van der Waals surface area (Å²) >= 11 is 1.57. The zero-order valence-electron chi connectivity index (χ0n) is 10.1. The second kappa shape index (κ2) is 4.63. The molecule has 2 heterocycles. The van der Waals surface area contributed by atoms with Crippen molar-refractivity contribution in [2.45, 2.75) is 19.4 Å². The van der Waals surface area contributed by atoms with E-state index in [-0.39, 0.29) is 11.2 Å². The third-order valence-corrected chi connectivity index (χ3v) is 3.54. The van der Waals surface area contributed by atoms with Gasteiger partial charge in [-0.3, -0.25) is 0 Å². The van der Waals surface area contributed by atoms with Crippen LogP contribution in [0.3, 0.4) is 0 Å². The minimum Gasteiger partial charge on any atom is -0.396 e. The van der Waals surface area contributed by atoms with E-state index in [4.69, 9.17) is 11.0 Å². The fourth-order valence-electron chi connectivity index (χ4n) is 1.53. The van der Waals surface area contributed by atoms with Crippen LogP contribution in [-0.4, -0.2) is 9.97 Å². The van der Waals surface area contributed by atoms with Gasteiger partial charge < -0.3 is 11.1 Å². The summed E-state index contributed by atoms with van der Waals surface area (Å²) in [7, 11) is 0. The second-order valence-corrected chi connectivity index (χ2v) is 5.23. The molecule has 0 aliphatic rings. The highest BCUT2D eigenvalue weighted by molar-refractivity contribution is 7.09. The normalized spacial score (nSPS) is 10.9. The number of thiazole rings is 1. The number of anilines is 2. The van der Waals surface area contributed by atoms with Crippen LogP contribution in [0.5, 0.6) is 0 Å². The third-order valence-electron chi connectivity index (χ3n) is 2.44. The van der Waals surface area contributed by atoms with E-state index in [2.05, 4.69) is 15.3 Å². The number of nitrogens with one attached hydrogen (secondary N) is 1. The molecule has 2 aromatic rings. The van der Waals surface area contributed by atoms with Gasteiger partial charge in [-0.25, -0.2) is 9.97 Å². The first-order chi connectivity index (χ1) is 8.53. The number of nitriles is 1.